The minimum absolute atomic E-state index is 0.229. The Kier molecular flexibility index (Phi) is 6.13. The highest BCUT2D eigenvalue weighted by molar-refractivity contribution is 5.97. The quantitative estimate of drug-likeness (QED) is 0.876. The van der Waals surface area contributed by atoms with Crippen molar-refractivity contribution < 1.29 is 18.7 Å². The van der Waals surface area contributed by atoms with Gasteiger partial charge in [-0.1, -0.05) is 12.1 Å². The van der Waals surface area contributed by atoms with Gasteiger partial charge in [-0.05, 0) is 45.4 Å². The number of nitrogens with zero attached hydrogens (tertiary/aromatic N) is 1. The lowest BCUT2D eigenvalue weighted by Gasteiger charge is -2.36. The van der Waals surface area contributed by atoms with Crippen LogP contribution in [0.1, 0.15) is 39.4 Å². The van der Waals surface area contributed by atoms with Crippen LogP contribution in [0.3, 0.4) is 0 Å². The summed E-state index contributed by atoms with van der Waals surface area (Å²) in [6.07, 6.45) is -0.229. The molecule has 0 saturated carbocycles. The minimum atomic E-state index is -0.507. The number of rotatable bonds is 3. The Morgan fingerprint density at radius 1 is 1.28 bits per heavy atom. The van der Waals surface area contributed by atoms with Crippen molar-refractivity contribution in [3.05, 3.63) is 35.6 Å². The summed E-state index contributed by atoms with van der Waals surface area (Å²) in [7, 11) is 0. The second-order valence-corrected chi connectivity index (χ2v) is 7.28. The number of carbonyl (C=O) groups is 2. The molecule has 6 nitrogen and oxygen atoms in total. The van der Waals surface area contributed by atoms with Gasteiger partial charge in [0.05, 0.1) is 18.8 Å². The molecular formula is C18H26FN3O3. The van der Waals surface area contributed by atoms with Crippen molar-refractivity contribution >= 4 is 11.9 Å². The molecule has 2 N–H and O–H groups in total. The minimum Gasteiger partial charge on any atom is -0.371 e. The smallest absolute Gasteiger partial charge is 0.321 e. The Labute approximate surface area is 147 Å². The van der Waals surface area contributed by atoms with Crippen molar-refractivity contribution in [2.75, 3.05) is 19.7 Å². The van der Waals surface area contributed by atoms with Crippen molar-refractivity contribution in [2.24, 2.45) is 0 Å². The van der Waals surface area contributed by atoms with Crippen molar-refractivity contribution in [3.63, 3.8) is 0 Å². The summed E-state index contributed by atoms with van der Waals surface area (Å²) in [6, 6.07) is 5.18. The van der Waals surface area contributed by atoms with E-state index in [0.29, 0.717) is 19.7 Å². The van der Waals surface area contributed by atoms with Gasteiger partial charge in [-0.2, -0.15) is 0 Å². The van der Waals surface area contributed by atoms with Gasteiger partial charge in [0, 0.05) is 18.6 Å². The van der Waals surface area contributed by atoms with Gasteiger partial charge in [0.15, 0.2) is 0 Å². The van der Waals surface area contributed by atoms with Crippen LogP contribution in [0.4, 0.5) is 9.18 Å². The number of halogens is 1. The summed E-state index contributed by atoms with van der Waals surface area (Å²) in [6.45, 7) is 8.84. The predicted octanol–water partition coefficient (Wildman–Crippen LogP) is 2.21. The predicted molar refractivity (Wildman–Crippen MR) is 92.6 cm³/mol. The summed E-state index contributed by atoms with van der Waals surface area (Å²) >= 11 is 0. The third kappa shape index (κ3) is 5.79. The first kappa shape index (κ1) is 19.3. The average Bonchev–Trinajstić information content (AvgIpc) is 2.53. The van der Waals surface area contributed by atoms with Gasteiger partial charge < -0.3 is 10.1 Å². The largest absolute Gasteiger partial charge is 0.371 e. The molecule has 2 atom stereocenters. The molecule has 0 radical (unpaired) electrons. The molecule has 138 valence electrons. The van der Waals surface area contributed by atoms with Crippen LogP contribution in [-0.2, 0) is 9.53 Å². The molecule has 2 unspecified atom stereocenters. The summed E-state index contributed by atoms with van der Waals surface area (Å²) in [5.41, 5.74) is 0.449. The van der Waals surface area contributed by atoms with E-state index in [2.05, 4.69) is 10.6 Å². The Morgan fingerprint density at radius 2 is 1.92 bits per heavy atom. The normalized spacial score (nSPS) is 20.0. The average molecular weight is 351 g/mol. The van der Waals surface area contributed by atoms with Gasteiger partial charge >= 0.3 is 6.03 Å². The third-order valence-electron chi connectivity index (χ3n) is 3.99. The molecular weight excluding hydrogens is 325 g/mol. The van der Waals surface area contributed by atoms with E-state index in [9.17, 15) is 14.0 Å². The first-order valence-corrected chi connectivity index (χ1v) is 8.40. The van der Waals surface area contributed by atoms with Crippen molar-refractivity contribution in [1.82, 2.24) is 15.5 Å². The van der Waals surface area contributed by atoms with Gasteiger partial charge in [-0.25, -0.2) is 9.18 Å². The van der Waals surface area contributed by atoms with Gasteiger partial charge in [0.25, 0.3) is 0 Å². The Morgan fingerprint density at radius 3 is 2.52 bits per heavy atom. The SMILES string of the molecule is CC(C(=O)NC(=O)NC(C)(C)C)N1CCOC(c2ccc(F)cc2)C1. The van der Waals surface area contributed by atoms with Crippen LogP contribution in [0.15, 0.2) is 24.3 Å². The fraction of sp³-hybridized carbons (Fsp3) is 0.556. The molecule has 1 fully saturated rings. The number of ether oxygens (including phenoxy) is 1. The number of carbonyl (C=O) groups excluding carboxylic acids is 2. The van der Waals surface area contributed by atoms with Gasteiger partial charge in [-0.3, -0.25) is 15.0 Å². The molecule has 2 rings (SSSR count). The standard InChI is InChI=1S/C18H26FN3O3/c1-12(16(23)20-17(24)21-18(2,3)4)22-9-10-25-15(11-22)13-5-7-14(19)8-6-13/h5-8,12,15H,9-11H2,1-4H3,(H2,20,21,23,24). The van der Waals surface area contributed by atoms with Crippen LogP contribution in [0.2, 0.25) is 0 Å². The van der Waals surface area contributed by atoms with E-state index in [1.54, 1.807) is 19.1 Å². The summed E-state index contributed by atoms with van der Waals surface area (Å²) in [4.78, 5) is 26.1. The Balaban J connectivity index is 1.94. The van der Waals surface area contributed by atoms with Crippen molar-refractivity contribution in [3.8, 4) is 0 Å². The summed E-state index contributed by atoms with van der Waals surface area (Å²) < 4.78 is 18.8. The maximum Gasteiger partial charge on any atom is 0.321 e. The molecule has 25 heavy (non-hydrogen) atoms. The molecule has 1 aromatic carbocycles. The van der Waals surface area contributed by atoms with Crippen LogP contribution in [-0.4, -0.2) is 48.1 Å². The number of imide groups is 1. The molecule has 1 aromatic rings. The fourth-order valence-corrected chi connectivity index (χ4v) is 2.65. The van der Waals surface area contributed by atoms with Crippen LogP contribution >= 0.6 is 0 Å². The van der Waals surface area contributed by atoms with E-state index >= 15 is 0 Å². The first-order valence-electron chi connectivity index (χ1n) is 8.40. The third-order valence-corrected chi connectivity index (χ3v) is 3.99. The molecule has 0 bridgehead atoms. The Hall–Kier alpha value is -1.99. The first-order chi connectivity index (χ1) is 11.7. The molecule has 3 amide bonds. The summed E-state index contributed by atoms with van der Waals surface area (Å²) in [5, 5.41) is 5.07. The number of nitrogens with one attached hydrogen (secondary N) is 2. The van der Waals surface area contributed by atoms with E-state index in [1.807, 2.05) is 25.7 Å². The monoisotopic (exact) mass is 351 g/mol. The van der Waals surface area contributed by atoms with E-state index in [-0.39, 0.29) is 17.8 Å². The van der Waals surface area contributed by atoms with E-state index in [0.717, 1.165) is 5.56 Å². The molecule has 0 aliphatic carbocycles. The second kappa shape index (κ2) is 7.93. The topological polar surface area (TPSA) is 70.7 Å². The zero-order valence-corrected chi connectivity index (χ0v) is 15.1. The summed E-state index contributed by atoms with van der Waals surface area (Å²) in [5.74, 6) is -0.657. The number of urea groups is 1. The highest BCUT2D eigenvalue weighted by Gasteiger charge is 2.29. The fourth-order valence-electron chi connectivity index (χ4n) is 2.65. The second-order valence-electron chi connectivity index (χ2n) is 7.28. The van der Waals surface area contributed by atoms with Crippen LogP contribution in [0.25, 0.3) is 0 Å². The lowest BCUT2D eigenvalue weighted by atomic mass is 10.1. The zero-order valence-electron chi connectivity index (χ0n) is 15.1. The molecule has 0 aromatic heterocycles. The molecule has 1 aliphatic rings. The molecule has 1 saturated heterocycles. The maximum atomic E-state index is 13.1. The van der Waals surface area contributed by atoms with E-state index in [4.69, 9.17) is 4.74 Å². The van der Waals surface area contributed by atoms with Gasteiger partial charge in [0.1, 0.15) is 5.82 Å². The molecule has 1 heterocycles. The highest BCUT2D eigenvalue weighted by Crippen LogP contribution is 2.23. The van der Waals surface area contributed by atoms with E-state index < -0.39 is 17.6 Å². The van der Waals surface area contributed by atoms with Crippen LogP contribution < -0.4 is 10.6 Å². The zero-order chi connectivity index (χ0) is 18.6. The van der Waals surface area contributed by atoms with Gasteiger partial charge in [-0.15, -0.1) is 0 Å². The van der Waals surface area contributed by atoms with Crippen LogP contribution in [0, 0.1) is 5.82 Å². The number of morpholine rings is 1. The molecule has 7 heteroatoms. The number of hydrogen-bond donors (Lipinski definition) is 2. The number of hydrogen-bond acceptors (Lipinski definition) is 4. The van der Waals surface area contributed by atoms with Gasteiger partial charge in [0.2, 0.25) is 5.91 Å². The number of benzene rings is 1. The maximum absolute atomic E-state index is 13.1. The van der Waals surface area contributed by atoms with Crippen molar-refractivity contribution in [2.45, 2.75) is 45.4 Å². The highest BCUT2D eigenvalue weighted by atomic mass is 19.1. The molecule has 0 spiro atoms. The van der Waals surface area contributed by atoms with Crippen molar-refractivity contribution in [1.29, 1.82) is 0 Å². The molecule has 1 aliphatic heterocycles. The number of amides is 3. The van der Waals surface area contributed by atoms with Crippen LogP contribution in [0.5, 0.6) is 0 Å². The lowest BCUT2D eigenvalue weighted by molar-refractivity contribution is -0.128. The van der Waals surface area contributed by atoms with E-state index in [1.165, 1.54) is 12.1 Å². The Bertz CT molecular complexity index is 613. The lowest BCUT2D eigenvalue weighted by Crippen LogP contribution is -2.55.